The van der Waals surface area contributed by atoms with Crippen molar-refractivity contribution >= 4 is 29.3 Å². The molecule has 3 aromatic rings. The monoisotopic (exact) mass is 539 g/mol. The number of ether oxygens (including phenoxy) is 3. The molecule has 0 heterocycles. The van der Waals surface area contributed by atoms with Gasteiger partial charge in [0, 0.05) is 29.4 Å². The highest BCUT2D eigenvalue weighted by atomic mass is 35.5. The summed E-state index contributed by atoms with van der Waals surface area (Å²) in [6.45, 7) is 5.09. The van der Waals surface area contributed by atoms with Crippen LogP contribution in [0.25, 0.3) is 0 Å². The van der Waals surface area contributed by atoms with E-state index in [1.54, 1.807) is 41.3 Å². The number of amides is 2. The number of carbonyl (C=O) groups excluding carboxylic acids is 2. The summed E-state index contributed by atoms with van der Waals surface area (Å²) in [5.74, 6) is 0.762. The molecule has 0 saturated heterocycles. The average Bonchev–Trinajstić information content (AvgIpc) is 2.93. The zero-order chi connectivity index (χ0) is 27.7. The summed E-state index contributed by atoms with van der Waals surface area (Å²) in [6.07, 6.45) is -0.593. The van der Waals surface area contributed by atoms with Gasteiger partial charge in [0.15, 0.2) is 11.5 Å². The van der Waals surface area contributed by atoms with Crippen molar-refractivity contribution in [1.29, 1.82) is 0 Å². The molecule has 0 saturated carbocycles. The molecule has 202 valence electrons. The molecule has 0 radical (unpaired) electrons. The van der Waals surface area contributed by atoms with Gasteiger partial charge in [0.05, 0.1) is 14.2 Å². The minimum atomic E-state index is -0.593. The summed E-state index contributed by atoms with van der Waals surface area (Å²) in [7, 11) is 3.06. The second-order valence-corrected chi connectivity index (χ2v) is 10.00. The summed E-state index contributed by atoms with van der Waals surface area (Å²) in [5, 5.41) is 3.19. The number of nitrogens with one attached hydrogen (secondary N) is 1. The third-order valence-corrected chi connectivity index (χ3v) is 6.32. The van der Waals surface area contributed by atoms with Crippen LogP contribution >= 0.6 is 11.6 Å². The smallest absolute Gasteiger partial charge is 0.411 e. The van der Waals surface area contributed by atoms with Crippen molar-refractivity contribution in [3.8, 4) is 11.5 Å². The number of anilines is 1. The first-order valence-corrected chi connectivity index (χ1v) is 12.5. The first-order chi connectivity index (χ1) is 18.2. The largest absolute Gasteiger partial charge is 0.493 e. The molecule has 38 heavy (non-hydrogen) atoms. The number of hydrogen-bond donors (Lipinski definition) is 2. The van der Waals surface area contributed by atoms with E-state index >= 15 is 0 Å². The average molecular weight is 540 g/mol. The minimum absolute atomic E-state index is 0.148. The summed E-state index contributed by atoms with van der Waals surface area (Å²) >= 11 is 6.52. The number of nitrogens with zero attached hydrogens (tertiary/aromatic N) is 1. The summed E-state index contributed by atoms with van der Waals surface area (Å²) < 4.78 is 16.0. The fraction of sp³-hybridized carbons (Fsp3) is 0.310. The highest BCUT2D eigenvalue weighted by Crippen LogP contribution is 2.30. The Morgan fingerprint density at radius 3 is 2.34 bits per heavy atom. The maximum atomic E-state index is 13.7. The van der Waals surface area contributed by atoms with Crippen LogP contribution in [0.4, 0.5) is 10.5 Å². The molecule has 0 atom stereocenters. The van der Waals surface area contributed by atoms with E-state index in [4.69, 9.17) is 31.5 Å². The van der Waals surface area contributed by atoms with E-state index in [1.165, 1.54) is 14.2 Å². The first-order valence-electron chi connectivity index (χ1n) is 12.1. The molecule has 2 amide bonds. The van der Waals surface area contributed by atoms with Crippen LogP contribution in [0.15, 0.2) is 66.7 Å². The molecule has 8 nitrogen and oxygen atoms in total. The summed E-state index contributed by atoms with van der Waals surface area (Å²) in [5.41, 5.74) is 8.11. The molecule has 0 spiro atoms. The Bertz CT molecular complexity index is 1250. The number of hydrogen-bond acceptors (Lipinski definition) is 6. The quantitative estimate of drug-likeness (QED) is 0.322. The van der Waals surface area contributed by atoms with E-state index in [2.05, 4.69) is 5.32 Å². The van der Waals surface area contributed by atoms with Crippen LogP contribution in [0, 0.1) is 5.41 Å². The van der Waals surface area contributed by atoms with E-state index < -0.39 is 6.09 Å². The molecule has 0 unspecified atom stereocenters. The van der Waals surface area contributed by atoms with Gasteiger partial charge < -0.3 is 24.8 Å². The van der Waals surface area contributed by atoms with Gasteiger partial charge in [0.25, 0.3) is 5.91 Å². The summed E-state index contributed by atoms with van der Waals surface area (Å²) in [4.78, 5) is 27.7. The standard InChI is InChI=1S/C29H34ClN3O5/c1-29(2,18-31)19-33(27(34)21-10-13-25(36-3)26(15-21)37-4)16-22-14-23(11-12-24(22)30)32-28(35)38-17-20-8-6-5-7-9-20/h5-15H,16-19,31H2,1-4H3,(H,32,35). The zero-order valence-corrected chi connectivity index (χ0v) is 22.9. The highest BCUT2D eigenvalue weighted by Gasteiger charge is 2.26. The molecule has 0 aromatic heterocycles. The lowest BCUT2D eigenvalue weighted by atomic mass is 9.92. The lowest BCUT2D eigenvalue weighted by Gasteiger charge is -2.32. The third kappa shape index (κ3) is 7.87. The molecule has 3 N–H and O–H groups in total. The van der Waals surface area contributed by atoms with Crippen molar-refractivity contribution < 1.29 is 23.8 Å². The lowest BCUT2D eigenvalue weighted by molar-refractivity contribution is 0.0673. The van der Waals surface area contributed by atoms with Gasteiger partial charge in [-0.25, -0.2) is 4.79 Å². The van der Waals surface area contributed by atoms with Crippen LogP contribution in [-0.4, -0.2) is 44.2 Å². The van der Waals surface area contributed by atoms with Gasteiger partial charge in [-0.05, 0) is 59.5 Å². The molecule has 3 rings (SSSR count). The van der Waals surface area contributed by atoms with Gasteiger partial charge in [-0.3, -0.25) is 10.1 Å². The molecule has 0 aliphatic rings. The van der Waals surface area contributed by atoms with Gasteiger partial charge in [0.2, 0.25) is 0 Å². The number of rotatable bonds is 11. The number of benzene rings is 3. The van der Waals surface area contributed by atoms with Crippen molar-refractivity contribution in [3.05, 3.63) is 88.4 Å². The molecule has 0 bridgehead atoms. The van der Waals surface area contributed by atoms with Crippen molar-refractivity contribution in [2.75, 3.05) is 32.6 Å². The van der Waals surface area contributed by atoms with Gasteiger partial charge in [0.1, 0.15) is 6.61 Å². The molecule has 0 aliphatic carbocycles. The third-order valence-electron chi connectivity index (χ3n) is 5.96. The van der Waals surface area contributed by atoms with Crippen LogP contribution in [-0.2, 0) is 17.9 Å². The molecule has 3 aromatic carbocycles. The van der Waals surface area contributed by atoms with Gasteiger partial charge in [-0.15, -0.1) is 0 Å². The number of halogens is 1. The van der Waals surface area contributed by atoms with E-state index in [0.29, 0.717) is 46.4 Å². The SMILES string of the molecule is COc1ccc(C(=O)N(Cc2cc(NC(=O)OCc3ccccc3)ccc2Cl)CC(C)(C)CN)cc1OC. The summed E-state index contributed by atoms with van der Waals surface area (Å²) in [6, 6.07) is 19.5. The van der Waals surface area contributed by atoms with E-state index in [-0.39, 0.29) is 24.5 Å². The predicted octanol–water partition coefficient (Wildman–Crippen LogP) is 5.73. The predicted molar refractivity (Wildman–Crippen MR) is 149 cm³/mol. The Morgan fingerprint density at radius 1 is 0.974 bits per heavy atom. The zero-order valence-electron chi connectivity index (χ0n) is 22.1. The Morgan fingerprint density at radius 2 is 1.68 bits per heavy atom. The van der Waals surface area contributed by atoms with Gasteiger partial charge in [-0.1, -0.05) is 55.8 Å². The number of methoxy groups -OCH3 is 2. The van der Waals surface area contributed by atoms with Crippen LogP contribution in [0.3, 0.4) is 0 Å². The van der Waals surface area contributed by atoms with Crippen LogP contribution in [0.1, 0.15) is 35.3 Å². The van der Waals surface area contributed by atoms with Crippen molar-refractivity contribution in [2.45, 2.75) is 27.0 Å². The van der Waals surface area contributed by atoms with Crippen LogP contribution < -0.4 is 20.5 Å². The van der Waals surface area contributed by atoms with Crippen molar-refractivity contribution in [3.63, 3.8) is 0 Å². The second-order valence-electron chi connectivity index (χ2n) is 9.59. The maximum absolute atomic E-state index is 13.7. The highest BCUT2D eigenvalue weighted by molar-refractivity contribution is 6.31. The Kier molecular flexibility index (Phi) is 9.98. The van der Waals surface area contributed by atoms with E-state index in [1.807, 2.05) is 44.2 Å². The van der Waals surface area contributed by atoms with Crippen molar-refractivity contribution in [1.82, 2.24) is 4.90 Å². The molecule has 9 heteroatoms. The topological polar surface area (TPSA) is 103 Å². The minimum Gasteiger partial charge on any atom is -0.493 e. The van der Waals surface area contributed by atoms with Crippen LogP contribution in [0.5, 0.6) is 11.5 Å². The van der Waals surface area contributed by atoms with Gasteiger partial charge in [-0.2, -0.15) is 0 Å². The fourth-order valence-corrected chi connectivity index (χ4v) is 3.97. The van der Waals surface area contributed by atoms with E-state index in [0.717, 1.165) is 5.56 Å². The molecule has 0 aliphatic heterocycles. The molecule has 0 fully saturated rings. The van der Waals surface area contributed by atoms with E-state index in [9.17, 15) is 9.59 Å². The number of nitrogens with two attached hydrogens (primary N) is 1. The van der Waals surface area contributed by atoms with Crippen LogP contribution in [0.2, 0.25) is 5.02 Å². The second kappa shape index (κ2) is 13.2. The number of carbonyl (C=O) groups is 2. The Labute approximate surface area is 228 Å². The Balaban J connectivity index is 1.81. The Hall–Kier alpha value is -3.75. The normalized spacial score (nSPS) is 11.0. The molecular formula is C29H34ClN3O5. The fourth-order valence-electron chi connectivity index (χ4n) is 3.79. The van der Waals surface area contributed by atoms with Gasteiger partial charge >= 0.3 is 6.09 Å². The maximum Gasteiger partial charge on any atom is 0.411 e. The molecular weight excluding hydrogens is 506 g/mol. The lowest BCUT2D eigenvalue weighted by Crippen LogP contribution is -2.41. The van der Waals surface area contributed by atoms with Crippen molar-refractivity contribution in [2.24, 2.45) is 11.1 Å². The first kappa shape index (κ1) is 28.8.